The van der Waals surface area contributed by atoms with E-state index in [0.29, 0.717) is 5.69 Å². The van der Waals surface area contributed by atoms with E-state index in [4.69, 9.17) is 11.2 Å². The second kappa shape index (κ2) is 5.19. The number of nitrogens with one attached hydrogen (secondary N) is 1. The summed E-state index contributed by atoms with van der Waals surface area (Å²) >= 11 is 1.42. The van der Waals surface area contributed by atoms with Crippen molar-refractivity contribution in [3.63, 3.8) is 0 Å². The van der Waals surface area contributed by atoms with Crippen molar-refractivity contribution in [2.24, 2.45) is 0 Å². The minimum absolute atomic E-state index is 0.211. The second-order valence-electron chi connectivity index (χ2n) is 4.58. The van der Waals surface area contributed by atoms with Crippen LogP contribution in [-0.4, -0.2) is 16.7 Å². The van der Waals surface area contributed by atoms with Crippen LogP contribution < -0.4 is 5.32 Å². The summed E-state index contributed by atoms with van der Waals surface area (Å²) in [5.74, 6) is 2.45. The summed E-state index contributed by atoms with van der Waals surface area (Å²) in [7, 11) is 0. The van der Waals surface area contributed by atoms with E-state index in [1.165, 1.54) is 11.3 Å². The predicted octanol–water partition coefficient (Wildman–Crippen LogP) is 2.71. The van der Waals surface area contributed by atoms with Crippen molar-refractivity contribution in [3.8, 4) is 12.3 Å². The number of amides is 1. The molecule has 1 unspecified atom stereocenters. The van der Waals surface area contributed by atoms with Crippen LogP contribution in [0.25, 0.3) is 0 Å². The van der Waals surface area contributed by atoms with Crippen molar-refractivity contribution in [1.82, 2.24) is 10.3 Å². The molecule has 0 aliphatic rings. The Morgan fingerprint density at radius 2 is 2.29 bits per heavy atom. The molecule has 0 spiro atoms. The number of rotatable bonds is 2. The summed E-state index contributed by atoms with van der Waals surface area (Å²) in [5, 5.41) is 5.26. The number of alkyl carbamates (subject to hydrolysis) is 1. The third-order valence-electron chi connectivity index (χ3n) is 1.77. The first kappa shape index (κ1) is 13.5. The molecule has 0 saturated heterocycles. The van der Waals surface area contributed by atoms with Crippen LogP contribution in [0.3, 0.4) is 0 Å². The van der Waals surface area contributed by atoms with E-state index in [0.717, 1.165) is 5.01 Å². The van der Waals surface area contributed by atoms with Gasteiger partial charge in [0, 0.05) is 5.38 Å². The number of hydrogen-bond donors (Lipinski definition) is 1. The zero-order chi connectivity index (χ0) is 13.1. The summed E-state index contributed by atoms with van der Waals surface area (Å²) in [6, 6.07) is -0.211. The Kier molecular flexibility index (Phi) is 4.13. The van der Waals surface area contributed by atoms with Gasteiger partial charge in [0.05, 0.1) is 6.04 Å². The second-order valence-corrected chi connectivity index (χ2v) is 5.47. The van der Waals surface area contributed by atoms with Gasteiger partial charge in [-0.2, -0.15) is 0 Å². The van der Waals surface area contributed by atoms with Crippen LogP contribution in [0, 0.1) is 12.3 Å². The highest BCUT2D eigenvalue weighted by atomic mass is 32.1. The highest BCUT2D eigenvalue weighted by Gasteiger charge is 2.19. The summed E-state index contributed by atoms with van der Waals surface area (Å²) in [6.07, 6.45) is 4.77. The third-order valence-corrected chi connectivity index (χ3v) is 2.80. The molecule has 1 aromatic rings. The number of ether oxygens (including phenoxy) is 1. The van der Waals surface area contributed by atoms with Gasteiger partial charge in [-0.25, -0.2) is 9.78 Å². The molecule has 1 rings (SSSR count). The maximum Gasteiger partial charge on any atom is 0.408 e. The van der Waals surface area contributed by atoms with Gasteiger partial charge in [-0.15, -0.1) is 17.8 Å². The molecule has 5 heteroatoms. The van der Waals surface area contributed by atoms with Gasteiger partial charge < -0.3 is 10.1 Å². The van der Waals surface area contributed by atoms with E-state index in [-0.39, 0.29) is 6.04 Å². The lowest BCUT2D eigenvalue weighted by molar-refractivity contribution is 0.0508. The average Bonchev–Trinajstić information content (AvgIpc) is 2.62. The molecule has 1 heterocycles. The van der Waals surface area contributed by atoms with E-state index >= 15 is 0 Å². The fourth-order valence-corrected chi connectivity index (χ4v) is 1.87. The Bertz CT molecular complexity index is 440. The van der Waals surface area contributed by atoms with Gasteiger partial charge in [-0.05, 0) is 33.6 Å². The molecular formula is C12H16N2O2S. The lowest BCUT2D eigenvalue weighted by Crippen LogP contribution is -2.34. The first-order valence-corrected chi connectivity index (χ1v) is 6.11. The van der Waals surface area contributed by atoms with Gasteiger partial charge in [-0.1, -0.05) is 0 Å². The van der Waals surface area contributed by atoms with Crippen LogP contribution >= 0.6 is 11.3 Å². The standard InChI is InChI=1S/C12H16N2O2S/c1-6-9-7-17-10(14-9)8(2)13-11(15)16-12(3,4)5/h1,7-8H,2-5H3,(H,13,15). The molecule has 0 aliphatic carbocycles. The molecule has 1 atom stereocenters. The molecule has 0 radical (unpaired) electrons. The van der Waals surface area contributed by atoms with Gasteiger partial charge in [0.15, 0.2) is 0 Å². The van der Waals surface area contributed by atoms with E-state index < -0.39 is 11.7 Å². The van der Waals surface area contributed by atoms with Crippen LogP contribution in [0.4, 0.5) is 4.79 Å². The van der Waals surface area contributed by atoms with Gasteiger partial charge >= 0.3 is 6.09 Å². The van der Waals surface area contributed by atoms with E-state index in [1.54, 1.807) is 5.38 Å². The minimum Gasteiger partial charge on any atom is -0.444 e. The van der Waals surface area contributed by atoms with Crippen LogP contribution in [-0.2, 0) is 4.74 Å². The normalized spacial score (nSPS) is 12.6. The SMILES string of the molecule is C#Cc1csc(C(C)NC(=O)OC(C)(C)C)n1. The molecule has 4 nitrogen and oxygen atoms in total. The number of hydrogen-bond acceptors (Lipinski definition) is 4. The first-order valence-electron chi connectivity index (χ1n) is 5.23. The molecule has 0 bridgehead atoms. The maximum absolute atomic E-state index is 11.5. The smallest absolute Gasteiger partial charge is 0.408 e. The molecule has 0 aromatic carbocycles. The van der Waals surface area contributed by atoms with E-state index in [2.05, 4.69) is 16.2 Å². The van der Waals surface area contributed by atoms with Crippen molar-refractivity contribution in [1.29, 1.82) is 0 Å². The van der Waals surface area contributed by atoms with Crippen molar-refractivity contribution < 1.29 is 9.53 Å². The maximum atomic E-state index is 11.5. The monoisotopic (exact) mass is 252 g/mol. The highest BCUT2D eigenvalue weighted by Crippen LogP contribution is 2.18. The number of carbonyl (C=O) groups is 1. The van der Waals surface area contributed by atoms with Gasteiger partial charge in [0.1, 0.15) is 16.3 Å². The van der Waals surface area contributed by atoms with Crippen molar-refractivity contribution in [3.05, 3.63) is 16.1 Å². The predicted molar refractivity (Wildman–Crippen MR) is 67.8 cm³/mol. The first-order chi connectivity index (χ1) is 7.81. The Balaban J connectivity index is 2.58. The van der Waals surface area contributed by atoms with Gasteiger partial charge in [-0.3, -0.25) is 0 Å². The Morgan fingerprint density at radius 3 is 2.76 bits per heavy atom. The van der Waals surface area contributed by atoms with Crippen LogP contribution in [0.2, 0.25) is 0 Å². The molecule has 0 fully saturated rings. The number of terminal acetylenes is 1. The molecule has 1 aromatic heterocycles. The Labute approximate surface area is 105 Å². The van der Waals surface area contributed by atoms with Gasteiger partial charge in [0.25, 0.3) is 0 Å². The third kappa shape index (κ3) is 4.45. The number of carbonyl (C=O) groups excluding carboxylic acids is 1. The Hall–Kier alpha value is -1.54. The molecule has 1 amide bonds. The minimum atomic E-state index is -0.503. The molecule has 0 aliphatic heterocycles. The lowest BCUT2D eigenvalue weighted by Gasteiger charge is -2.21. The van der Waals surface area contributed by atoms with Gasteiger partial charge in [0.2, 0.25) is 0 Å². The van der Waals surface area contributed by atoms with Crippen LogP contribution in [0.1, 0.15) is 44.4 Å². The van der Waals surface area contributed by atoms with Crippen LogP contribution in [0.15, 0.2) is 5.38 Å². The molecule has 1 N–H and O–H groups in total. The zero-order valence-electron chi connectivity index (χ0n) is 10.4. The fourth-order valence-electron chi connectivity index (χ4n) is 1.10. The summed E-state index contributed by atoms with van der Waals surface area (Å²) in [4.78, 5) is 15.7. The molecule has 17 heavy (non-hydrogen) atoms. The van der Waals surface area contributed by atoms with Crippen molar-refractivity contribution >= 4 is 17.4 Å². The Morgan fingerprint density at radius 1 is 1.65 bits per heavy atom. The number of aromatic nitrogens is 1. The number of nitrogens with zero attached hydrogens (tertiary/aromatic N) is 1. The quantitative estimate of drug-likeness (QED) is 0.823. The number of thiazole rings is 1. The topological polar surface area (TPSA) is 51.2 Å². The van der Waals surface area contributed by atoms with Crippen molar-refractivity contribution in [2.75, 3.05) is 0 Å². The highest BCUT2D eigenvalue weighted by molar-refractivity contribution is 7.09. The summed E-state index contributed by atoms with van der Waals surface area (Å²) < 4.78 is 5.15. The molecule has 92 valence electrons. The van der Waals surface area contributed by atoms with Crippen molar-refractivity contribution in [2.45, 2.75) is 39.3 Å². The zero-order valence-corrected chi connectivity index (χ0v) is 11.2. The summed E-state index contributed by atoms with van der Waals surface area (Å²) in [6.45, 7) is 7.29. The van der Waals surface area contributed by atoms with E-state index in [1.807, 2.05) is 27.7 Å². The summed E-state index contributed by atoms with van der Waals surface area (Å²) in [5.41, 5.74) is 0.0826. The molecular weight excluding hydrogens is 236 g/mol. The van der Waals surface area contributed by atoms with Crippen LogP contribution in [0.5, 0.6) is 0 Å². The van der Waals surface area contributed by atoms with E-state index in [9.17, 15) is 4.79 Å². The average molecular weight is 252 g/mol. The molecule has 0 saturated carbocycles. The largest absolute Gasteiger partial charge is 0.444 e. The lowest BCUT2D eigenvalue weighted by atomic mass is 10.2. The fraction of sp³-hybridized carbons (Fsp3) is 0.500.